The molecule has 0 unspecified atom stereocenters. The van der Waals surface area contributed by atoms with Gasteiger partial charge in [-0.3, -0.25) is 14.5 Å². The summed E-state index contributed by atoms with van der Waals surface area (Å²) in [4.78, 5) is 26.1. The average Bonchev–Trinajstić information content (AvgIpc) is 2.82. The Morgan fingerprint density at radius 1 is 1.17 bits per heavy atom. The van der Waals surface area contributed by atoms with Gasteiger partial charge in [-0.2, -0.15) is 0 Å². The fourth-order valence-corrected chi connectivity index (χ4v) is 3.24. The molecule has 1 saturated heterocycles. The van der Waals surface area contributed by atoms with Crippen LogP contribution in [0.25, 0.3) is 6.08 Å². The number of benzene rings is 2. The largest absolute Gasteiger partial charge is 0.367 e. The van der Waals surface area contributed by atoms with Crippen LogP contribution in [0.2, 0.25) is 5.02 Å². The number of thioether (sulfide) groups is 1. The molecule has 2 amide bonds. The van der Waals surface area contributed by atoms with Gasteiger partial charge in [0.1, 0.15) is 0 Å². The first kappa shape index (κ1) is 16.6. The maximum absolute atomic E-state index is 12.4. The first-order valence-corrected chi connectivity index (χ1v) is 8.54. The Morgan fingerprint density at radius 2 is 1.92 bits per heavy atom. The number of nitrogens with one attached hydrogen (secondary N) is 1. The van der Waals surface area contributed by atoms with Gasteiger partial charge >= 0.3 is 0 Å². The Balaban J connectivity index is 1.71. The summed E-state index contributed by atoms with van der Waals surface area (Å²) >= 11 is 6.80. The van der Waals surface area contributed by atoms with E-state index in [4.69, 9.17) is 11.6 Å². The van der Waals surface area contributed by atoms with Crippen molar-refractivity contribution in [1.82, 2.24) is 4.90 Å². The van der Waals surface area contributed by atoms with Crippen molar-refractivity contribution < 1.29 is 9.59 Å². The van der Waals surface area contributed by atoms with Crippen molar-refractivity contribution in [2.24, 2.45) is 0 Å². The van der Waals surface area contributed by atoms with Crippen LogP contribution in [0.5, 0.6) is 0 Å². The minimum absolute atomic E-state index is 0.145. The van der Waals surface area contributed by atoms with Gasteiger partial charge < -0.3 is 5.32 Å². The molecule has 1 aliphatic rings. The van der Waals surface area contributed by atoms with Crippen molar-refractivity contribution in [1.29, 1.82) is 0 Å². The summed E-state index contributed by atoms with van der Waals surface area (Å²) in [5, 5.41) is 3.46. The van der Waals surface area contributed by atoms with Gasteiger partial charge in [-0.05, 0) is 60.2 Å². The first-order chi connectivity index (χ1) is 11.5. The number of hydrogen-bond donors (Lipinski definition) is 1. The number of nitrogens with zero attached hydrogens (tertiary/aromatic N) is 1. The molecule has 1 N–H and O–H groups in total. The van der Waals surface area contributed by atoms with Crippen LogP contribution >= 0.6 is 23.4 Å². The normalized spacial score (nSPS) is 16.1. The highest BCUT2D eigenvalue weighted by Crippen LogP contribution is 2.32. The predicted octanol–water partition coefficient (Wildman–Crippen LogP) is 4.75. The van der Waals surface area contributed by atoms with Crippen LogP contribution in [-0.4, -0.2) is 22.7 Å². The van der Waals surface area contributed by atoms with Crippen molar-refractivity contribution in [3.05, 3.63) is 69.6 Å². The maximum Gasteiger partial charge on any atom is 0.295 e. The fraction of sp³-hybridized carbons (Fsp3) is 0.111. The topological polar surface area (TPSA) is 49.4 Å². The van der Waals surface area contributed by atoms with Crippen LogP contribution < -0.4 is 5.32 Å². The second-order valence-corrected chi connectivity index (χ2v) is 6.80. The number of carbonyl (C=O) groups is 2. The van der Waals surface area contributed by atoms with Gasteiger partial charge in [-0.1, -0.05) is 35.9 Å². The maximum atomic E-state index is 12.4. The minimum atomic E-state index is -0.292. The van der Waals surface area contributed by atoms with Crippen molar-refractivity contribution in [3.8, 4) is 0 Å². The predicted molar refractivity (Wildman–Crippen MR) is 98.9 cm³/mol. The van der Waals surface area contributed by atoms with Gasteiger partial charge in [0.2, 0.25) is 0 Å². The molecule has 0 spiro atoms. The first-order valence-electron chi connectivity index (χ1n) is 7.34. The summed E-state index contributed by atoms with van der Waals surface area (Å²) in [5.74, 6) is -0.292. The van der Waals surface area contributed by atoms with E-state index in [0.29, 0.717) is 9.93 Å². The number of amides is 2. The summed E-state index contributed by atoms with van der Waals surface area (Å²) in [6.07, 6.45) is 1.70. The monoisotopic (exact) mass is 358 g/mol. The molecule has 2 aromatic rings. The summed E-state index contributed by atoms with van der Waals surface area (Å²) in [5.41, 5.74) is 2.81. The SMILES string of the molecule is Cc1cccc(NCN2C(=O)SC(=Cc3ccc(Cl)cc3)C2=O)c1. The molecule has 0 atom stereocenters. The summed E-state index contributed by atoms with van der Waals surface area (Å²) in [7, 11) is 0. The quantitative estimate of drug-likeness (QED) is 0.801. The highest BCUT2D eigenvalue weighted by Gasteiger charge is 2.34. The highest BCUT2D eigenvalue weighted by atomic mass is 35.5. The number of halogens is 1. The molecular formula is C18H15ClN2O2S. The molecule has 6 heteroatoms. The third-order valence-corrected chi connectivity index (χ3v) is 4.66. The van der Waals surface area contributed by atoms with Gasteiger partial charge in [0.15, 0.2) is 0 Å². The lowest BCUT2D eigenvalue weighted by molar-refractivity contribution is -0.122. The number of rotatable bonds is 4. The molecule has 0 bridgehead atoms. The molecule has 0 aliphatic carbocycles. The van der Waals surface area contributed by atoms with Crippen LogP contribution in [0.15, 0.2) is 53.4 Å². The summed E-state index contributed by atoms with van der Waals surface area (Å²) in [6, 6.07) is 14.9. The zero-order valence-electron chi connectivity index (χ0n) is 13.0. The summed E-state index contributed by atoms with van der Waals surface area (Å²) in [6.45, 7) is 2.13. The minimum Gasteiger partial charge on any atom is -0.367 e. The van der Waals surface area contributed by atoms with Gasteiger partial charge in [0, 0.05) is 10.7 Å². The van der Waals surface area contributed by atoms with Crippen molar-refractivity contribution in [3.63, 3.8) is 0 Å². The lowest BCUT2D eigenvalue weighted by atomic mass is 10.2. The highest BCUT2D eigenvalue weighted by molar-refractivity contribution is 8.18. The van der Waals surface area contributed by atoms with Crippen LogP contribution in [-0.2, 0) is 4.79 Å². The molecule has 0 radical (unpaired) electrons. The molecule has 1 heterocycles. The van der Waals surface area contributed by atoms with Gasteiger partial charge in [-0.25, -0.2) is 0 Å². The van der Waals surface area contributed by atoms with E-state index in [9.17, 15) is 9.59 Å². The van der Waals surface area contributed by atoms with Crippen LogP contribution in [0.3, 0.4) is 0 Å². The smallest absolute Gasteiger partial charge is 0.295 e. The number of anilines is 1. The Bertz CT molecular complexity index is 818. The van der Waals surface area contributed by atoms with Crippen LogP contribution in [0.4, 0.5) is 10.5 Å². The average molecular weight is 359 g/mol. The third-order valence-electron chi connectivity index (χ3n) is 3.50. The Kier molecular flexibility index (Phi) is 4.92. The molecule has 3 rings (SSSR count). The van der Waals surface area contributed by atoms with E-state index in [1.54, 1.807) is 30.3 Å². The number of aryl methyl sites for hydroxylation is 1. The Hall–Kier alpha value is -2.24. The van der Waals surface area contributed by atoms with Crippen LogP contribution in [0.1, 0.15) is 11.1 Å². The number of carbonyl (C=O) groups excluding carboxylic acids is 2. The number of hydrogen-bond acceptors (Lipinski definition) is 4. The molecule has 122 valence electrons. The van der Waals surface area contributed by atoms with Gasteiger partial charge in [-0.15, -0.1) is 0 Å². The van der Waals surface area contributed by atoms with E-state index < -0.39 is 0 Å². The lowest BCUT2D eigenvalue weighted by Gasteiger charge is -2.14. The molecule has 4 nitrogen and oxygen atoms in total. The molecule has 0 saturated carbocycles. The molecular weight excluding hydrogens is 344 g/mol. The third kappa shape index (κ3) is 3.80. The van der Waals surface area contributed by atoms with Gasteiger partial charge in [0.05, 0.1) is 11.6 Å². The molecule has 24 heavy (non-hydrogen) atoms. The zero-order chi connectivity index (χ0) is 17.1. The number of imide groups is 1. The molecule has 2 aromatic carbocycles. The fourth-order valence-electron chi connectivity index (χ4n) is 2.27. The lowest BCUT2D eigenvalue weighted by Crippen LogP contribution is -2.33. The molecule has 1 fully saturated rings. The standard InChI is InChI=1S/C18H15ClN2O2S/c1-12-3-2-4-15(9-12)20-11-21-17(22)16(24-18(21)23)10-13-5-7-14(19)8-6-13/h2-10,20H,11H2,1H3. The van der Waals surface area contributed by atoms with Crippen molar-refractivity contribution >= 4 is 46.3 Å². The summed E-state index contributed by atoms with van der Waals surface area (Å²) < 4.78 is 0. The Labute approximate surface area is 149 Å². The van der Waals surface area contributed by atoms with E-state index in [1.807, 2.05) is 31.2 Å². The molecule has 1 aliphatic heterocycles. The Morgan fingerprint density at radius 3 is 2.62 bits per heavy atom. The van der Waals surface area contributed by atoms with E-state index in [0.717, 1.165) is 28.6 Å². The van der Waals surface area contributed by atoms with E-state index in [1.165, 1.54) is 4.90 Å². The van der Waals surface area contributed by atoms with Gasteiger partial charge in [0.25, 0.3) is 11.1 Å². The second-order valence-electron chi connectivity index (χ2n) is 5.37. The van der Waals surface area contributed by atoms with E-state index >= 15 is 0 Å². The van der Waals surface area contributed by atoms with Crippen LogP contribution in [0, 0.1) is 6.92 Å². The zero-order valence-corrected chi connectivity index (χ0v) is 14.5. The van der Waals surface area contributed by atoms with E-state index in [2.05, 4.69) is 5.32 Å². The van der Waals surface area contributed by atoms with Crippen molar-refractivity contribution in [2.45, 2.75) is 6.92 Å². The second kappa shape index (κ2) is 7.11. The van der Waals surface area contributed by atoms with E-state index in [-0.39, 0.29) is 17.8 Å². The molecule has 0 aromatic heterocycles. The van der Waals surface area contributed by atoms with Crippen molar-refractivity contribution in [2.75, 3.05) is 12.0 Å².